The standard InChI is InChI=1S/C16H26N2O3/c17-13-11-6-5-10(9-11)12(13)14(19)18-16(15(20)21)7-3-1-2-4-8-16/h10-13H,1-9,17H2,(H,18,19)(H,20,21). The maximum absolute atomic E-state index is 12.7. The second-order valence-corrected chi connectivity index (χ2v) is 7.23. The zero-order valence-electron chi connectivity index (χ0n) is 12.5. The zero-order chi connectivity index (χ0) is 15.0. The summed E-state index contributed by atoms with van der Waals surface area (Å²) in [6.45, 7) is 0. The molecule has 5 heteroatoms. The van der Waals surface area contributed by atoms with Gasteiger partial charge in [0.2, 0.25) is 5.91 Å². The lowest BCUT2D eigenvalue weighted by Gasteiger charge is -2.34. The molecule has 3 fully saturated rings. The van der Waals surface area contributed by atoms with E-state index in [0.29, 0.717) is 24.7 Å². The van der Waals surface area contributed by atoms with E-state index >= 15 is 0 Å². The average molecular weight is 294 g/mol. The number of nitrogens with one attached hydrogen (secondary N) is 1. The molecule has 2 bridgehead atoms. The number of amides is 1. The van der Waals surface area contributed by atoms with E-state index in [9.17, 15) is 14.7 Å². The number of carboxylic acids is 1. The molecular formula is C16H26N2O3. The molecule has 118 valence electrons. The molecule has 4 unspecified atom stereocenters. The highest BCUT2D eigenvalue weighted by atomic mass is 16.4. The van der Waals surface area contributed by atoms with E-state index < -0.39 is 11.5 Å². The van der Waals surface area contributed by atoms with Gasteiger partial charge in [0.1, 0.15) is 5.54 Å². The van der Waals surface area contributed by atoms with E-state index in [1.54, 1.807) is 0 Å². The van der Waals surface area contributed by atoms with Crippen LogP contribution in [0.4, 0.5) is 0 Å². The molecule has 3 saturated carbocycles. The summed E-state index contributed by atoms with van der Waals surface area (Å²) >= 11 is 0. The number of carbonyl (C=O) groups excluding carboxylic acids is 1. The molecule has 3 rings (SSSR count). The van der Waals surface area contributed by atoms with Crippen LogP contribution >= 0.6 is 0 Å². The molecular weight excluding hydrogens is 268 g/mol. The van der Waals surface area contributed by atoms with Gasteiger partial charge in [-0.15, -0.1) is 0 Å². The summed E-state index contributed by atoms with van der Waals surface area (Å²) in [5.41, 5.74) is 5.15. The first-order chi connectivity index (χ1) is 10.0. The fourth-order valence-corrected chi connectivity index (χ4v) is 4.77. The predicted octanol–water partition coefficient (Wildman–Crippen LogP) is 1.65. The zero-order valence-corrected chi connectivity index (χ0v) is 12.5. The SMILES string of the molecule is NC1C2CCC(C2)C1C(=O)NC1(C(=O)O)CCCCCC1. The molecule has 0 saturated heterocycles. The molecule has 0 spiro atoms. The highest BCUT2D eigenvalue weighted by Gasteiger charge is 2.51. The molecule has 5 nitrogen and oxygen atoms in total. The number of fused-ring (bicyclic) bond motifs is 2. The van der Waals surface area contributed by atoms with Crippen LogP contribution in [0.2, 0.25) is 0 Å². The Morgan fingerprint density at radius 3 is 2.19 bits per heavy atom. The lowest BCUT2D eigenvalue weighted by Crippen LogP contribution is -2.58. The summed E-state index contributed by atoms with van der Waals surface area (Å²) in [4.78, 5) is 24.5. The van der Waals surface area contributed by atoms with Gasteiger partial charge in [-0.3, -0.25) is 4.79 Å². The van der Waals surface area contributed by atoms with E-state index in [-0.39, 0.29) is 17.9 Å². The topological polar surface area (TPSA) is 92.4 Å². The number of carbonyl (C=O) groups is 2. The summed E-state index contributed by atoms with van der Waals surface area (Å²) < 4.78 is 0. The van der Waals surface area contributed by atoms with Gasteiger partial charge in [-0.05, 0) is 43.9 Å². The Hall–Kier alpha value is -1.10. The molecule has 0 radical (unpaired) electrons. The second kappa shape index (κ2) is 5.59. The van der Waals surface area contributed by atoms with Gasteiger partial charge < -0.3 is 16.2 Å². The number of hydrogen-bond acceptors (Lipinski definition) is 3. The van der Waals surface area contributed by atoms with Crippen molar-refractivity contribution >= 4 is 11.9 Å². The highest BCUT2D eigenvalue weighted by Crippen LogP contribution is 2.48. The summed E-state index contributed by atoms with van der Waals surface area (Å²) in [7, 11) is 0. The predicted molar refractivity (Wildman–Crippen MR) is 78.5 cm³/mol. The molecule has 0 aromatic heterocycles. The molecule has 0 aromatic carbocycles. The Morgan fingerprint density at radius 1 is 1.05 bits per heavy atom. The molecule has 3 aliphatic carbocycles. The van der Waals surface area contributed by atoms with Crippen LogP contribution in [0.25, 0.3) is 0 Å². The van der Waals surface area contributed by atoms with Crippen molar-refractivity contribution in [3.8, 4) is 0 Å². The molecule has 21 heavy (non-hydrogen) atoms. The van der Waals surface area contributed by atoms with Crippen molar-refractivity contribution in [1.82, 2.24) is 5.32 Å². The lowest BCUT2D eigenvalue weighted by atomic mass is 9.82. The monoisotopic (exact) mass is 294 g/mol. The molecule has 3 aliphatic rings. The number of rotatable bonds is 3. The van der Waals surface area contributed by atoms with Crippen molar-refractivity contribution in [1.29, 1.82) is 0 Å². The Bertz CT molecular complexity index is 427. The van der Waals surface area contributed by atoms with Crippen molar-refractivity contribution in [3.05, 3.63) is 0 Å². The number of carboxylic acid groups (broad SMARTS) is 1. The second-order valence-electron chi connectivity index (χ2n) is 7.23. The summed E-state index contributed by atoms with van der Waals surface area (Å²) in [6, 6.07) is -0.0830. The van der Waals surface area contributed by atoms with Crippen molar-refractivity contribution < 1.29 is 14.7 Å². The first-order valence-corrected chi connectivity index (χ1v) is 8.34. The summed E-state index contributed by atoms with van der Waals surface area (Å²) in [6.07, 6.45) is 8.17. The van der Waals surface area contributed by atoms with Crippen molar-refractivity contribution in [2.45, 2.75) is 69.4 Å². The third kappa shape index (κ3) is 2.56. The largest absolute Gasteiger partial charge is 0.480 e. The van der Waals surface area contributed by atoms with Crippen LogP contribution in [0.15, 0.2) is 0 Å². The van der Waals surface area contributed by atoms with Gasteiger partial charge in [-0.25, -0.2) is 4.79 Å². The fourth-order valence-electron chi connectivity index (χ4n) is 4.77. The molecule has 4 atom stereocenters. The Morgan fingerprint density at radius 2 is 1.67 bits per heavy atom. The molecule has 4 N–H and O–H groups in total. The quantitative estimate of drug-likeness (QED) is 0.690. The maximum Gasteiger partial charge on any atom is 0.329 e. The van der Waals surface area contributed by atoms with Crippen molar-refractivity contribution in [2.75, 3.05) is 0 Å². The van der Waals surface area contributed by atoms with Gasteiger partial charge in [0.25, 0.3) is 0 Å². The van der Waals surface area contributed by atoms with Gasteiger partial charge in [0.15, 0.2) is 0 Å². The third-order valence-corrected chi connectivity index (χ3v) is 6.01. The minimum Gasteiger partial charge on any atom is -0.480 e. The average Bonchev–Trinajstić information content (AvgIpc) is 2.93. The number of hydrogen-bond donors (Lipinski definition) is 3. The normalized spacial score (nSPS) is 38.0. The smallest absolute Gasteiger partial charge is 0.329 e. The molecule has 0 heterocycles. The maximum atomic E-state index is 12.7. The van der Waals surface area contributed by atoms with Crippen LogP contribution in [0.3, 0.4) is 0 Å². The van der Waals surface area contributed by atoms with E-state index in [1.807, 2.05) is 0 Å². The lowest BCUT2D eigenvalue weighted by molar-refractivity contribution is -0.149. The van der Waals surface area contributed by atoms with Gasteiger partial charge in [-0.2, -0.15) is 0 Å². The van der Waals surface area contributed by atoms with E-state index in [2.05, 4.69) is 5.32 Å². The van der Waals surface area contributed by atoms with Crippen molar-refractivity contribution in [2.24, 2.45) is 23.5 Å². The fraction of sp³-hybridized carbons (Fsp3) is 0.875. The minimum absolute atomic E-state index is 0.0830. The van der Waals surface area contributed by atoms with Crippen LogP contribution in [0, 0.1) is 17.8 Å². The van der Waals surface area contributed by atoms with Crippen LogP contribution in [0.5, 0.6) is 0 Å². The van der Waals surface area contributed by atoms with E-state index in [0.717, 1.165) is 44.9 Å². The first kappa shape index (κ1) is 14.8. The van der Waals surface area contributed by atoms with Gasteiger partial charge in [0.05, 0.1) is 5.92 Å². The van der Waals surface area contributed by atoms with E-state index in [1.165, 1.54) is 0 Å². The Balaban J connectivity index is 1.73. The molecule has 1 amide bonds. The van der Waals surface area contributed by atoms with Crippen LogP contribution in [-0.4, -0.2) is 28.6 Å². The third-order valence-electron chi connectivity index (χ3n) is 6.01. The minimum atomic E-state index is -1.06. The van der Waals surface area contributed by atoms with Gasteiger partial charge >= 0.3 is 5.97 Å². The number of aliphatic carboxylic acids is 1. The number of nitrogens with two attached hydrogens (primary N) is 1. The summed E-state index contributed by atoms with van der Waals surface area (Å²) in [5.74, 6) is -0.348. The molecule has 0 aliphatic heterocycles. The van der Waals surface area contributed by atoms with E-state index in [4.69, 9.17) is 5.73 Å². The molecule has 0 aromatic rings. The van der Waals surface area contributed by atoms with Gasteiger partial charge in [-0.1, -0.05) is 25.7 Å². The van der Waals surface area contributed by atoms with Crippen LogP contribution < -0.4 is 11.1 Å². The summed E-state index contributed by atoms with van der Waals surface area (Å²) in [5, 5.41) is 12.6. The van der Waals surface area contributed by atoms with Gasteiger partial charge in [0, 0.05) is 6.04 Å². The Labute approximate surface area is 125 Å². The van der Waals surface area contributed by atoms with Crippen LogP contribution in [-0.2, 0) is 9.59 Å². The Kier molecular flexibility index (Phi) is 3.95. The van der Waals surface area contributed by atoms with Crippen molar-refractivity contribution in [3.63, 3.8) is 0 Å². The first-order valence-electron chi connectivity index (χ1n) is 8.34. The highest BCUT2D eigenvalue weighted by molar-refractivity contribution is 5.89. The van der Waals surface area contributed by atoms with Crippen LogP contribution in [0.1, 0.15) is 57.8 Å².